The van der Waals surface area contributed by atoms with Gasteiger partial charge >= 0.3 is 0 Å². The molecular weight excluding hydrogens is 464 g/mol. The minimum Gasteiger partial charge on any atom is -0.325 e. The quantitative estimate of drug-likeness (QED) is 0.600. The number of hydrogen-bond donors (Lipinski definition) is 1. The molecule has 28 heavy (non-hydrogen) atoms. The van der Waals surface area contributed by atoms with Gasteiger partial charge in [0.25, 0.3) is 0 Å². The van der Waals surface area contributed by atoms with Crippen LogP contribution >= 0.6 is 58.2 Å². The first-order valence-electron chi connectivity index (χ1n) is 7.97. The lowest BCUT2D eigenvalue weighted by Gasteiger charge is -2.28. The molecule has 0 bridgehead atoms. The lowest BCUT2D eigenvalue weighted by molar-refractivity contribution is -0.128. The van der Waals surface area contributed by atoms with Crippen LogP contribution in [0.1, 0.15) is 6.42 Å². The summed E-state index contributed by atoms with van der Waals surface area (Å²) in [5.41, 5.74) is 1.02. The smallest absolute Gasteiger partial charge is 0.238 e. The molecule has 0 radical (unpaired) electrons. The van der Waals surface area contributed by atoms with Gasteiger partial charge in [-0.1, -0.05) is 58.2 Å². The first kappa shape index (κ1) is 21.3. The number of carbonyl (C=O) groups excluding carboxylic acids is 2. The minimum absolute atomic E-state index is 0.0503. The van der Waals surface area contributed by atoms with Crippen molar-refractivity contribution in [3.8, 4) is 0 Å². The van der Waals surface area contributed by atoms with Crippen LogP contribution in [0.2, 0.25) is 20.1 Å². The van der Waals surface area contributed by atoms with Crippen LogP contribution in [0.15, 0.2) is 41.4 Å². The standard InChI is InChI=1S/C18H13Cl4N3O2S/c1-25-16(26)8-15(17(27)23-9-2-4-11(19)13(21)6-9)28-18(25)24-10-3-5-12(20)14(22)7-10/h2-7,15H,8H2,1H3,(H,23,27). The zero-order valence-corrected chi connectivity index (χ0v) is 18.2. The third-order valence-electron chi connectivity index (χ3n) is 3.88. The van der Waals surface area contributed by atoms with E-state index in [0.29, 0.717) is 36.6 Å². The normalized spacial score (nSPS) is 18.5. The molecule has 1 unspecified atom stereocenters. The molecule has 2 amide bonds. The van der Waals surface area contributed by atoms with Gasteiger partial charge in [0.15, 0.2) is 5.17 Å². The molecule has 1 N–H and O–H groups in total. The molecule has 0 aliphatic carbocycles. The highest BCUT2D eigenvalue weighted by atomic mass is 35.5. The van der Waals surface area contributed by atoms with Gasteiger partial charge in [0, 0.05) is 19.2 Å². The van der Waals surface area contributed by atoms with Crippen LogP contribution in [-0.2, 0) is 9.59 Å². The van der Waals surface area contributed by atoms with Crippen molar-refractivity contribution in [2.75, 3.05) is 12.4 Å². The zero-order chi connectivity index (χ0) is 20.4. The number of benzene rings is 2. The molecule has 1 aliphatic heterocycles. The van der Waals surface area contributed by atoms with Crippen molar-refractivity contribution in [2.24, 2.45) is 4.99 Å². The molecular formula is C18H13Cl4N3O2S. The third kappa shape index (κ3) is 4.93. The predicted octanol–water partition coefficient (Wildman–Crippen LogP) is 5.89. The lowest BCUT2D eigenvalue weighted by atomic mass is 10.2. The first-order chi connectivity index (χ1) is 13.2. The average Bonchev–Trinajstić information content (AvgIpc) is 2.65. The maximum Gasteiger partial charge on any atom is 0.238 e. The maximum absolute atomic E-state index is 12.6. The predicted molar refractivity (Wildman–Crippen MR) is 117 cm³/mol. The van der Waals surface area contributed by atoms with E-state index in [0.717, 1.165) is 0 Å². The Morgan fingerprint density at radius 1 is 1.07 bits per heavy atom. The second-order valence-corrected chi connectivity index (χ2v) is 8.67. The Labute approximate surface area is 186 Å². The van der Waals surface area contributed by atoms with Crippen LogP contribution in [-0.4, -0.2) is 34.2 Å². The van der Waals surface area contributed by atoms with Crippen molar-refractivity contribution in [3.63, 3.8) is 0 Å². The molecule has 1 heterocycles. The van der Waals surface area contributed by atoms with Crippen molar-refractivity contribution in [2.45, 2.75) is 11.7 Å². The Hall–Kier alpha value is -1.44. The monoisotopic (exact) mass is 475 g/mol. The van der Waals surface area contributed by atoms with Crippen molar-refractivity contribution in [1.29, 1.82) is 0 Å². The molecule has 0 saturated carbocycles. The maximum atomic E-state index is 12.6. The summed E-state index contributed by atoms with van der Waals surface area (Å²) in [7, 11) is 1.61. The number of nitrogens with zero attached hydrogens (tertiary/aromatic N) is 2. The second kappa shape index (κ2) is 8.93. The van der Waals surface area contributed by atoms with Crippen LogP contribution in [0.25, 0.3) is 0 Å². The number of carbonyl (C=O) groups is 2. The number of anilines is 1. The van der Waals surface area contributed by atoms with Crippen LogP contribution in [0.3, 0.4) is 0 Å². The molecule has 5 nitrogen and oxygen atoms in total. The highest BCUT2D eigenvalue weighted by molar-refractivity contribution is 8.15. The molecule has 2 aromatic carbocycles. The summed E-state index contributed by atoms with van der Waals surface area (Å²) in [6.45, 7) is 0. The van der Waals surface area contributed by atoms with E-state index in [9.17, 15) is 9.59 Å². The van der Waals surface area contributed by atoms with Crippen LogP contribution in [0, 0.1) is 0 Å². The number of aliphatic imine (C=N–C) groups is 1. The van der Waals surface area contributed by atoms with Gasteiger partial charge in [-0.2, -0.15) is 0 Å². The van der Waals surface area contributed by atoms with E-state index in [1.54, 1.807) is 43.4 Å². The fourth-order valence-corrected chi connectivity index (χ4v) is 4.01. The van der Waals surface area contributed by atoms with E-state index < -0.39 is 5.25 Å². The summed E-state index contributed by atoms with van der Waals surface area (Å²) >= 11 is 25.0. The van der Waals surface area contributed by atoms with E-state index in [4.69, 9.17) is 46.4 Å². The number of hydrogen-bond acceptors (Lipinski definition) is 4. The Bertz CT molecular complexity index is 983. The van der Waals surface area contributed by atoms with Gasteiger partial charge in [-0.05, 0) is 36.4 Å². The van der Waals surface area contributed by atoms with Crippen molar-refractivity contribution in [1.82, 2.24) is 4.90 Å². The minimum atomic E-state index is -0.639. The molecule has 1 aliphatic rings. The van der Waals surface area contributed by atoms with E-state index in [1.807, 2.05) is 0 Å². The van der Waals surface area contributed by atoms with Gasteiger partial charge in [-0.3, -0.25) is 14.5 Å². The molecule has 1 atom stereocenters. The highest BCUT2D eigenvalue weighted by Crippen LogP contribution is 2.32. The van der Waals surface area contributed by atoms with Gasteiger partial charge < -0.3 is 5.32 Å². The van der Waals surface area contributed by atoms with Crippen LogP contribution in [0.4, 0.5) is 11.4 Å². The molecule has 1 fully saturated rings. The Morgan fingerprint density at radius 2 is 1.71 bits per heavy atom. The Morgan fingerprint density at radius 3 is 2.36 bits per heavy atom. The summed E-state index contributed by atoms with van der Waals surface area (Å²) in [5.74, 6) is -0.543. The average molecular weight is 477 g/mol. The third-order valence-corrected chi connectivity index (χ3v) is 6.60. The van der Waals surface area contributed by atoms with E-state index >= 15 is 0 Å². The highest BCUT2D eigenvalue weighted by Gasteiger charge is 2.34. The van der Waals surface area contributed by atoms with Gasteiger partial charge in [0.05, 0.1) is 25.8 Å². The van der Waals surface area contributed by atoms with Gasteiger partial charge in [0.2, 0.25) is 11.8 Å². The molecule has 0 aromatic heterocycles. The van der Waals surface area contributed by atoms with Crippen molar-refractivity contribution in [3.05, 3.63) is 56.5 Å². The number of amides is 2. The fourth-order valence-electron chi connectivity index (χ4n) is 2.36. The first-order valence-corrected chi connectivity index (χ1v) is 10.4. The van der Waals surface area contributed by atoms with Crippen molar-refractivity contribution < 1.29 is 9.59 Å². The molecule has 146 valence electrons. The summed E-state index contributed by atoms with van der Waals surface area (Å²) in [4.78, 5) is 30.8. The lowest BCUT2D eigenvalue weighted by Crippen LogP contribution is -2.43. The fraction of sp³-hybridized carbons (Fsp3) is 0.167. The van der Waals surface area contributed by atoms with Crippen molar-refractivity contribution >= 4 is 86.5 Å². The SMILES string of the molecule is CN1C(=O)CC(C(=O)Nc2ccc(Cl)c(Cl)c2)SC1=Nc1ccc(Cl)c(Cl)c1. The summed E-state index contributed by atoms with van der Waals surface area (Å²) in [6, 6.07) is 9.66. The van der Waals surface area contributed by atoms with E-state index in [-0.39, 0.29) is 18.2 Å². The molecule has 0 spiro atoms. The van der Waals surface area contributed by atoms with Gasteiger partial charge in [-0.25, -0.2) is 4.99 Å². The van der Waals surface area contributed by atoms with E-state index in [1.165, 1.54) is 16.7 Å². The van der Waals surface area contributed by atoms with Crippen LogP contribution < -0.4 is 5.32 Å². The number of halogens is 4. The largest absolute Gasteiger partial charge is 0.325 e. The molecule has 2 aromatic rings. The second-order valence-electron chi connectivity index (χ2n) is 5.87. The summed E-state index contributed by atoms with van der Waals surface area (Å²) in [5, 5.41) is 3.98. The van der Waals surface area contributed by atoms with Crippen LogP contribution in [0.5, 0.6) is 0 Å². The Balaban J connectivity index is 1.79. The number of rotatable bonds is 3. The zero-order valence-electron chi connectivity index (χ0n) is 14.4. The van der Waals surface area contributed by atoms with Gasteiger partial charge in [0.1, 0.15) is 5.25 Å². The topological polar surface area (TPSA) is 61.8 Å². The number of thioether (sulfide) groups is 1. The number of nitrogens with one attached hydrogen (secondary N) is 1. The number of amidine groups is 1. The molecule has 3 rings (SSSR count). The summed E-state index contributed by atoms with van der Waals surface area (Å²) in [6.07, 6.45) is 0.0503. The molecule has 1 saturated heterocycles. The molecule has 10 heteroatoms. The Kier molecular flexibility index (Phi) is 6.78. The van der Waals surface area contributed by atoms with E-state index in [2.05, 4.69) is 10.3 Å². The summed E-state index contributed by atoms with van der Waals surface area (Å²) < 4.78 is 0. The van der Waals surface area contributed by atoms with Gasteiger partial charge in [-0.15, -0.1) is 0 Å².